The van der Waals surface area contributed by atoms with Gasteiger partial charge in [-0.1, -0.05) is 5.57 Å². The summed E-state index contributed by atoms with van der Waals surface area (Å²) in [6.07, 6.45) is 2.82. The minimum atomic E-state index is -0.387. The van der Waals surface area contributed by atoms with Gasteiger partial charge in [-0.05, 0) is 32.1 Å². The maximum absolute atomic E-state index is 11.4. The monoisotopic (exact) mass is 272 g/mol. The molecule has 0 bridgehead atoms. The second kappa shape index (κ2) is 5.04. The van der Waals surface area contributed by atoms with Gasteiger partial charge in [0.25, 0.3) is 0 Å². The molecule has 0 spiro atoms. The van der Waals surface area contributed by atoms with Crippen LogP contribution >= 0.6 is 0 Å². The van der Waals surface area contributed by atoms with Crippen LogP contribution in [0.4, 0.5) is 0 Å². The van der Waals surface area contributed by atoms with E-state index in [1.165, 1.54) is 11.6 Å². The maximum Gasteiger partial charge on any atom is 0.336 e. The van der Waals surface area contributed by atoms with Crippen LogP contribution in [-0.2, 0) is 6.42 Å². The zero-order chi connectivity index (χ0) is 14.1. The van der Waals surface area contributed by atoms with Crippen molar-refractivity contribution >= 4 is 11.0 Å². The lowest BCUT2D eigenvalue weighted by atomic mass is 10.1. The number of hydrogen-bond acceptors (Lipinski definition) is 4. The molecule has 1 aromatic carbocycles. The Morgan fingerprint density at radius 3 is 3.05 bits per heavy atom. The van der Waals surface area contributed by atoms with Crippen LogP contribution in [0.3, 0.4) is 0 Å². The third-order valence-corrected chi connectivity index (χ3v) is 3.23. The summed E-state index contributed by atoms with van der Waals surface area (Å²) in [6.45, 7) is 5.08. The first kappa shape index (κ1) is 12.8. The lowest BCUT2D eigenvalue weighted by molar-refractivity contribution is 0.307. The fourth-order valence-corrected chi connectivity index (χ4v) is 2.25. The van der Waals surface area contributed by atoms with E-state index in [-0.39, 0.29) is 5.63 Å². The molecule has 0 atom stereocenters. The summed E-state index contributed by atoms with van der Waals surface area (Å²) in [5.74, 6) is 1.24. The van der Waals surface area contributed by atoms with Crippen molar-refractivity contribution in [3.63, 3.8) is 0 Å². The van der Waals surface area contributed by atoms with Gasteiger partial charge in [-0.2, -0.15) is 0 Å². The number of allylic oxidation sites excluding steroid dienone is 1. The first-order chi connectivity index (χ1) is 9.65. The van der Waals surface area contributed by atoms with Crippen molar-refractivity contribution < 1.29 is 13.9 Å². The molecule has 0 saturated carbocycles. The van der Waals surface area contributed by atoms with Crippen molar-refractivity contribution in [1.29, 1.82) is 0 Å². The molecule has 0 saturated heterocycles. The normalized spacial score (nSPS) is 12.9. The molecule has 0 unspecified atom stereocenters. The Morgan fingerprint density at radius 1 is 1.40 bits per heavy atom. The van der Waals surface area contributed by atoms with E-state index < -0.39 is 0 Å². The minimum absolute atomic E-state index is 0.387. The van der Waals surface area contributed by atoms with E-state index in [0.29, 0.717) is 30.3 Å². The average molecular weight is 272 g/mol. The highest BCUT2D eigenvalue weighted by Crippen LogP contribution is 2.41. The minimum Gasteiger partial charge on any atom is -0.489 e. The van der Waals surface area contributed by atoms with Crippen molar-refractivity contribution in [3.05, 3.63) is 45.8 Å². The van der Waals surface area contributed by atoms with Crippen LogP contribution in [0.15, 0.2) is 39.1 Å². The van der Waals surface area contributed by atoms with Gasteiger partial charge in [0.05, 0.1) is 6.61 Å². The molecule has 2 heterocycles. The Bertz CT molecular complexity index is 736. The predicted molar refractivity (Wildman–Crippen MR) is 76.6 cm³/mol. The molecule has 104 valence electrons. The fraction of sp³-hybridized carbons (Fsp3) is 0.312. The van der Waals surface area contributed by atoms with E-state index in [2.05, 4.69) is 0 Å². The standard InChI is InChI=1S/C16H16O4/c1-10(2)5-7-19-16-14-12(6-8-18-14)9-11-3-4-13(17)20-15(11)16/h3-5,9H,6-8H2,1-2H3. The van der Waals surface area contributed by atoms with Crippen LogP contribution in [0.5, 0.6) is 11.5 Å². The average Bonchev–Trinajstić information content (AvgIpc) is 2.86. The van der Waals surface area contributed by atoms with Gasteiger partial charge in [0.2, 0.25) is 5.75 Å². The lowest BCUT2D eigenvalue weighted by Crippen LogP contribution is -2.01. The zero-order valence-corrected chi connectivity index (χ0v) is 11.6. The van der Waals surface area contributed by atoms with Crippen molar-refractivity contribution in [2.45, 2.75) is 20.3 Å². The molecule has 1 aliphatic heterocycles. The maximum atomic E-state index is 11.4. The molecule has 1 aromatic heterocycles. The quantitative estimate of drug-likeness (QED) is 0.636. The van der Waals surface area contributed by atoms with Gasteiger partial charge in [0, 0.05) is 23.4 Å². The van der Waals surface area contributed by atoms with Gasteiger partial charge in [-0.3, -0.25) is 0 Å². The van der Waals surface area contributed by atoms with E-state index in [1.807, 2.05) is 26.0 Å². The van der Waals surface area contributed by atoms with Crippen LogP contribution in [0.2, 0.25) is 0 Å². The summed E-state index contributed by atoms with van der Waals surface area (Å²) >= 11 is 0. The van der Waals surface area contributed by atoms with Crippen molar-refractivity contribution in [3.8, 4) is 11.5 Å². The largest absolute Gasteiger partial charge is 0.489 e. The van der Waals surface area contributed by atoms with Crippen molar-refractivity contribution in [2.75, 3.05) is 13.2 Å². The molecule has 0 aliphatic carbocycles. The molecule has 20 heavy (non-hydrogen) atoms. The Balaban J connectivity index is 2.13. The highest BCUT2D eigenvalue weighted by molar-refractivity contribution is 5.87. The fourth-order valence-electron chi connectivity index (χ4n) is 2.25. The second-order valence-electron chi connectivity index (χ2n) is 5.06. The van der Waals surface area contributed by atoms with Crippen LogP contribution in [0.25, 0.3) is 11.0 Å². The number of fused-ring (bicyclic) bond motifs is 2. The molecular weight excluding hydrogens is 256 g/mol. The van der Waals surface area contributed by atoms with E-state index in [1.54, 1.807) is 6.07 Å². The SMILES string of the molecule is CC(C)=CCOc1c2c(cc3ccc(=O)oc13)CCO2. The summed E-state index contributed by atoms with van der Waals surface area (Å²) in [6, 6.07) is 5.17. The number of benzene rings is 1. The Kier molecular flexibility index (Phi) is 3.22. The van der Waals surface area contributed by atoms with Crippen LogP contribution in [-0.4, -0.2) is 13.2 Å². The molecule has 4 heteroatoms. The summed E-state index contributed by atoms with van der Waals surface area (Å²) in [7, 11) is 0. The van der Waals surface area contributed by atoms with Gasteiger partial charge in [0.15, 0.2) is 11.3 Å². The summed E-state index contributed by atoms with van der Waals surface area (Å²) in [4.78, 5) is 11.4. The van der Waals surface area contributed by atoms with E-state index in [0.717, 1.165) is 17.4 Å². The molecule has 3 rings (SSSR count). The Morgan fingerprint density at radius 2 is 2.25 bits per heavy atom. The molecule has 4 nitrogen and oxygen atoms in total. The van der Waals surface area contributed by atoms with Gasteiger partial charge in [-0.25, -0.2) is 4.79 Å². The molecule has 0 amide bonds. The highest BCUT2D eigenvalue weighted by Gasteiger charge is 2.22. The topological polar surface area (TPSA) is 48.7 Å². The summed E-state index contributed by atoms with van der Waals surface area (Å²) in [5, 5.41) is 0.862. The van der Waals surface area contributed by atoms with Crippen LogP contribution < -0.4 is 15.1 Å². The third kappa shape index (κ3) is 2.29. The van der Waals surface area contributed by atoms with E-state index in [9.17, 15) is 4.79 Å². The van der Waals surface area contributed by atoms with Gasteiger partial charge in [-0.15, -0.1) is 0 Å². The molecule has 1 aliphatic rings. The van der Waals surface area contributed by atoms with Gasteiger partial charge in [0.1, 0.15) is 6.61 Å². The first-order valence-corrected chi connectivity index (χ1v) is 6.64. The van der Waals surface area contributed by atoms with E-state index in [4.69, 9.17) is 13.9 Å². The second-order valence-corrected chi connectivity index (χ2v) is 5.06. The number of hydrogen-bond donors (Lipinski definition) is 0. The molecule has 2 aromatic rings. The number of ether oxygens (including phenoxy) is 2. The Hall–Kier alpha value is -2.23. The Labute approximate surface area is 116 Å². The summed E-state index contributed by atoms with van der Waals surface area (Å²) < 4.78 is 16.7. The van der Waals surface area contributed by atoms with Crippen LogP contribution in [0, 0.1) is 0 Å². The molecule has 0 N–H and O–H groups in total. The van der Waals surface area contributed by atoms with Crippen molar-refractivity contribution in [1.82, 2.24) is 0 Å². The summed E-state index contributed by atoms with van der Waals surface area (Å²) in [5.41, 5.74) is 2.34. The van der Waals surface area contributed by atoms with E-state index >= 15 is 0 Å². The highest BCUT2D eigenvalue weighted by atomic mass is 16.5. The molecule has 0 fully saturated rings. The van der Waals surface area contributed by atoms with Crippen molar-refractivity contribution in [2.24, 2.45) is 0 Å². The predicted octanol–water partition coefficient (Wildman–Crippen LogP) is 3.07. The van der Waals surface area contributed by atoms with Crippen LogP contribution in [0.1, 0.15) is 19.4 Å². The molecule has 0 radical (unpaired) electrons. The third-order valence-electron chi connectivity index (χ3n) is 3.23. The van der Waals surface area contributed by atoms with Gasteiger partial charge >= 0.3 is 5.63 Å². The smallest absolute Gasteiger partial charge is 0.336 e. The van der Waals surface area contributed by atoms with Gasteiger partial charge < -0.3 is 13.9 Å². The number of rotatable bonds is 3. The lowest BCUT2D eigenvalue weighted by Gasteiger charge is -2.11. The first-order valence-electron chi connectivity index (χ1n) is 6.64. The molecular formula is C16H16O4. The zero-order valence-electron chi connectivity index (χ0n) is 11.6.